The molecule has 0 unspecified atom stereocenters. The van der Waals surface area contributed by atoms with Crippen molar-refractivity contribution in [1.29, 1.82) is 0 Å². The van der Waals surface area contributed by atoms with Gasteiger partial charge in [-0.25, -0.2) is 4.98 Å². The summed E-state index contributed by atoms with van der Waals surface area (Å²) in [5.74, 6) is 0.113. The molecule has 82 valence electrons. The van der Waals surface area contributed by atoms with Crippen LogP contribution in [0.3, 0.4) is 0 Å². The zero-order chi connectivity index (χ0) is 11.4. The first-order chi connectivity index (χ1) is 7.75. The fraction of sp³-hybridized carbons (Fsp3) is 0.0833. The van der Waals surface area contributed by atoms with E-state index >= 15 is 0 Å². The molecule has 1 aromatic heterocycles. The van der Waals surface area contributed by atoms with E-state index in [1.165, 1.54) is 12.3 Å². The lowest BCUT2D eigenvalue weighted by atomic mass is 10.2. The van der Waals surface area contributed by atoms with Crippen LogP contribution in [0.15, 0.2) is 42.6 Å². The first kappa shape index (κ1) is 11.3. The molecule has 0 atom stereocenters. The fourth-order valence-corrected chi connectivity index (χ4v) is 1.79. The number of rotatable bonds is 3. The summed E-state index contributed by atoms with van der Waals surface area (Å²) in [5, 5.41) is 0. The Bertz CT molecular complexity index is 476. The van der Waals surface area contributed by atoms with E-state index in [0.717, 1.165) is 9.13 Å². The van der Waals surface area contributed by atoms with Gasteiger partial charge >= 0.3 is 0 Å². The summed E-state index contributed by atoms with van der Waals surface area (Å²) in [4.78, 5) is 3.56. The Morgan fingerprint density at radius 1 is 1.25 bits per heavy atom. The normalized spacial score (nSPS) is 10.1. The van der Waals surface area contributed by atoms with Gasteiger partial charge in [0, 0.05) is 6.07 Å². The maximum atomic E-state index is 12.7. The number of pyridine rings is 1. The van der Waals surface area contributed by atoms with Gasteiger partial charge in [0.1, 0.15) is 6.61 Å². The predicted molar refractivity (Wildman–Crippen MR) is 67.7 cm³/mol. The van der Waals surface area contributed by atoms with Crippen molar-refractivity contribution in [2.24, 2.45) is 0 Å². The highest BCUT2D eigenvalue weighted by Gasteiger charge is 2.03. The van der Waals surface area contributed by atoms with Crippen molar-refractivity contribution in [3.8, 4) is 5.75 Å². The third kappa shape index (κ3) is 2.91. The van der Waals surface area contributed by atoms with Crippen molar-refractivity contribution < 1.29 is 9.13 Å². The largest absolute Gasteiger partial charge is 0.486 e. The summed E-state index contributed by atoms with van der Waals surface area (Å²) in [6.07, 6.45) is 1.40. The summed E-state index contributed by atoms with van der Waals surface area (Å²) in [6.45, 7) is 0.462. The number of benzene rings is 1. The molecular weight excluding hydrogens is 320 g/mol. The van der Waals surface area contributed by atoms with Gasteiger partial charge in [0.2, 0.25) is 5.95 Å². The minimum absolute atomic E-state index is 0.462. The number of aromatic nitrogens is 1. The molecule has 0 aliphatic heterocycles. The summed E-state index contributed by atoms with van der Waals surface area (Å²) >= 11 is 2.02. The Morgan fingerprint density at radius 3 is 2.69 bits per heavy atom. The molecule has 0 aliphatic carbocycles. The van der Waals surface area contributed by atoms with Gasteiger partial charge in [-0.3, -0.25) is 0 Å². The monoisotopic (exact) mass is 329 g/mol. The lowest BCUT2D eigenvalue weighted by Crippen LogP contribution is -1.98. The minimum Gasteiger partial charge on any atom is -0.486 e. The molecular formula is C12H9FINO. The lowest BCUT2D eigenvalue weighted by Gasteiger charge is -2.07. The third-order valence-electron chi connectivity index (χ3n) is 2.02. The summed E-state index contributed by atoms with van der Waals surface area (Å²) in [6, 6.07) is 11.2. The molecule has 0 saturated heterocycles. The molecule has 0 N–H and O–H groups in total. The smallest absolute Gasteiger partial charge is 0.214 e. The van der Waals surface area contributed by atoms with Crippen LogP contribution in [0.5, 0.6) is 5.75 Å². The van der Waals surface area contributed by atoms with Crippen molar-refractivity contribution in [1.82, 2.24) is 4.98 Å². The van der Waals surface area contributed by atoms with Gasteiger partial charge < -0.3 is 4.74 Å². The Balaban J connectivity index is 2.05. The summed E-state index contributed by atoms with van der Waals surface area (Å²) in [5.41, 5.74) is 1.07. The Labute approximate surface area is 107 Å². The van der Waals surface area contributed by atoms with Gasteiger partial charge in [-0.15, -0.1) is 0 Å². The van der Waals surface area contributed by atoms with Gasteiger partial charge in [-0.2, -0.15) is 4.39 Å². The van der Waals surface area contributed by atoms with Gasteiger partial charge in [0.25, 0.3) is 0 Å². The van der Waals surface area contributed by atoms with Crippen molar-refractivity contribution >= 4 is 22.6 Å². The number of hydrogen-bond donors (Lipinski definition) is 0. The number of ether oxygens (including phenoxy) is 1. The standard InChI is InChI=1S/C12H9FINO/c13-12-6-10(14)11(7-15-12)16-8-9-4-2-1-3-5-9/h1-7H,8H2. The Morgan fingerprint density at radius 2 is 2.00 bits per heavy atom. The zero-order valence-electron chi connectivity index (χ0n) is 8.36. The molecule has 2 aromatic rings. The van der Waals surface area contributed by atoms with E-state index in [4.69, 9.17) is 4.74 Å². The molecule has 0 fully saturated rings. The molecule has 0 spiro atoms. The van der Waals surface area contributed by atoms with E-state index in [2.05, 4.69) is 4.98 Å². The molecule has 0 bridgehead atoms. The predicted octanol–water partition coefficient (Wildman–Crippen LogP) is 3.40. The molecule has 1 heterocycles. The van der Waals surface area contributed by atoms with E-state index in [9.17, 15) is 4.39 Å². The molecule has 0 aliphatic rings. The van der Waals surface area contributed by atoms with Gasteiger partial charge in [-0.1, -0.05) is 30.3 Å². The number of halogens is 2. The highest BCUT2D eigenvalue weighted by Crippen LogP contribution is 2.20. The average Bonchev–Trinajstić information content (AvgIpc) is 2.29. The first-order valence-corrected chi connectivity index (χ1v) is 5.81. The molecule has 0 saturated carbocycles. The van der Waals surface area contributed by atoms with Gasteiger partial charge in [0.15, 0.2) is 5.75 Å². The summed E-state index contributed by atoms with van der Waals surface area (Å²) < 4.78 is 19.0. The number of hydrogen-bond acceptors (Lipinski definition) is 2. The van der Waals surface area contributed by atoms with Crippen LogP contribution in [0.2, 0.25) is 0 Å². The maximum absolute atomic E-state index is 12.7. The van der Waals surface area contributed by atoms with Crippen LogP contribution in [-0.4, -0.2) is 4.98 Å². The molecule has 0 radical (unpaired) electrons. The Hall–Kier alpha value is -1.17. The second kappa shape index (κ2) is 5.25. The SMILES string of the molecule is Fc1cc(I)c(OCc2ccccc2)cn1. The molecule has 2 nitrogen and oxygen atoms in total. The number of nitrogens with zero attached hydrogens (tertiary/aromatic N) is 1. The van der Waals surface area contributed by atoms with Crippen molar-refractivity contribution in [2.75, 3.05) is 0 Å². The summed E-state index contributed by atoms with van der Waals surface area (Å²) in [7, 11) is 0. The molecule has 0 amide bonds. The molecule has 4 heteroatoms. The van der Waals surface area contributed by atoms with E-state index in [0.29, 0.717) is 12.4 Å². The first-order valence-electron chi connectivity index (χ1n) is 4.73. The van der Waals surface area contributed by atoms with Crippen molar-refractivity contribution in [3.63, 3.8) is 0 Å². The van der Waals surface area contributed by atoms with Crippen LogP contribution >= 0.6 is 22.6 Å². The van der Waals surface area contributed by atoms with Crippen LogP contribution < -0.4 is 4.74 Å². The maximum Gasteiger partial charge on any atom is 0.214 e. The average molecular weight is 329 g/mol. The van der Waals surface area contributed by atoms with Gasteiger partial charge in [-0.05, 0) is 28.2 Å². The lowest BCUT2D eigenvalue weighted by molar-refractivity contribution is 0.301. The Kier molecular flexibility index (Phi) is 3.71. The van der Waals surface area contributed by atoms with E-state index < -0.39 is 5.95 Å². The van der Waals surface area contributed by atoms with E-state index in [1.807, 2.05) is 52.9 Å². The van der Waals surface area contributed by atoms with Crippen molar-refractivity contribution in [2.45, 2.75) is 6.61 Å². The third-order valence-corrected chi connectivity index (χ3v) is 2.87. The highest BCUT2D eigenvalue weighted by molar-refractivity contribution is 14.1. The highest BCUT2D eigenvalue weighted by atomic mass is 127. The van der Waals surface area contributed by atoms with Crippen LogP contribution in [-0.2, 0) is 6.61 Å². The molecule has 1 aromatic carbocycles. The topological polar surface area (TPSA) is 22.1 Å². The van der Waals surface area contributed by atoms with Gasteiger partial charge in [0.05, 0.1) is 9.77 Å². The molecule has 2 rings (SSSR count). The zero-order valence-corrected chi connectivity index (χ0v) is 10.5. The minimum atomic E-state index is -0.489. The van der Waals surface area contributed by atoms with E-state index in [-0.39, 0.29) is 0 Å². The van der Waals surface area contributed by atoms with Crippen molar-refractivity contribution in [3.05, 3.63) is 57.7 Å². The van der Waals surface area contributed by atoms with E-state index in [1.54, 1.807) is 0 Å². The molecule has 16 heavy (non-hydrogen) atoms. The van der Waals surface area contributed by atoms with Crippen LogP contribution in [0.25, 0.3) is 0 Å². The quantitative estimate of drug-likeness (QED) is 0.636. The second-order valence-corrected chi connectivity index (χ2v) is 4.37. The van der Waals surface area contributed by atoms with Crippen LogP contribution in [0, 0.1) is 9.52 Å². The second-order valence-electron chi connectivity index (χ2n) is 3.21. The van der Waals surface area contributed by atoms with Crippen LogP contribution in [0.1, 0.15) is 5.56 Å². The van der Waals surface area contributed by atoms with Crippen LogP contribution in [0.4, 0.5) is 4.39 Å². The fourth-order valence-electron chi connectivity index (χ4n) is 1.24.